The predicted octanol–water partition coefficient (Wildman–Crippen LogP) is 5.25. The Morgan fingerprint density at radius 2 is 1.81 bits per heavy atom. The molecule has 26 heavy (non-hydrogen) atoms. The summed E-state index contributed by atoms with van der Waals surface area (Å²) >= 11 is 2.87. The molecule has 0 aliphatic heterocycles. The highest BCUT2D eigenvalue weighted by Crippen LogP contribution is 2.22. The van der Waals surface area contributed by atoms with E-state index in [2.05, 4.69) is 10.3 Å². The molecule has 0 spiro atoms. The Balaban J connectivity index is 1.53. The summed E-state index contributed by atoms with van der Waals surface area (Å²) in [7, 11) is 0. The van der Waals surface area contributed by atoms with Crippen molar-refractivity contribution in [2.75, 3.05) is 5.32 Å². The fourth-order valence-corrected chi connectivity index (χ4v) is 3.79. The van der Waals surface area contributed by atoms with E-state index in [-0.39, 0.29) is 11.4 Å². The van der Waals surface area contributed by atoms with E-state index in [1.165, 1.54) is 29.5 Å². The lowest BCUT2D eigenvalue weighted by Crippen LogP contribution is -2.12. The predicted molar refractivity (Wildman–Crippen MR) is 97.8 cm³/mol. The van der Waals surface area contributed by atoms with E-state index in [0.29, 0.717) is 16.6 Å². The van der Waals surface area contributed by atoms with Gasteiger partial charge in [0, 0.05) is 22.4 Å². The number of rotatable bonds is 6. The van der Waals surface area contributed by atoms with Crippen molar-refractivity contribution in [3.8, 4) is 0 Å². The zero-order valence-corrected chi connectivity index (χ0v) is 15.0. The first-order valence-electron chi connectivity index (χ1n) is 7.54. The first-order valence-corrected chi connectivity index (χ1v) is 9.57. The van der Waals surface area contributed by atoms with Gasteiger partial charge < -0.3 is 0 Å². The van der Waals surface area contributed by atoms with Crippen molar-refractivity contribution in [3.63, 3.8) is 0 Å². The van der Waals surface area contributed by atoms with Crippen LogP contribution in [0.5, 0.6) is 0 Å². The monoisotopic (exact) mass is 394 g/mol. The molecule has 3 nitrogen and oxygen atoms in total. The zero-order valence-electron chi connectivity index (χ0n) is 13.3. The van der Waals surface area contributed by atoms with Crippen LogP contribution in [0.3, 0.4) is 0 Å². The second kappa shape index (κ2) is 8.37. The van der Waals surface area contributed by atoms with E-state index in [1.807, 2.05) is 5.38 Å². The van der Waals surface area contributed by atoms with Gasteiger partial charge in [0.05, 0.1) is 5.69 Å². The van der Waals surface area contributed by atoms with E-state index in [9.17, 15) is 18.0 Å². The van der Waals surface area contributed by atoms with E-state index < -0.39 is 17.5 Å². The second-order valence-electron chi connectivity index (χ2n) is 5.35. The highest BCUT2D eigenvalue weighted by molar-refractivity contribution is 7.97. The molecule has 2 aromatic carbocycles. The fraction of sp³-hybridized carbons (Fsp3) is 0.111. The molecule has 1 aromatic heterocycles. The van der Waals surface area contributed by atoms with Gasteiger partial charge in [-0.1, -0.05) is 12.1 Å². The standard InChI is InChI=1S/C18H13F3N2OS2/c19-13-4-1-11(2-5-13)8-25-9-14-10-26-18(22-14)23-17(24)12-3-6-15(20)16(21)7-12/h1-7,10H,8-9H2,(H,22,23,24). The molecule has 3 rings (SSSR count). The van der Waals surface area contributed by atoms with Crippen LogP contribution < -0.4 is 5.32 Å². The Morgan fingerprint density at radius 1 is 1.04 bits per heavy atom. The van der Waals surface area contributed by atoms with Gasteiger partial charge in [-0.05, 0) is 35.9 Å². The van der Waals surface area contributed by atoms with Crippen LogP contribution in [0.4, 0.5) is 18.3 Å². The van der Waals surface area contributed by atoms with Gasteiger partial charge in [0.1, 0.15) is 5.82 Å². The summed E-state index contributed by atoms with van der Waals surface area (Å²) in [5.41, 5.74) is 1.83. The normalized spacial score (nSPS) is 10.7. The number of aromatic nitrogens is 1. The lowest BCUT2D eigenvalue weighted by atomic mass is 10.2. The molecule has 8 heteroatoms. The number of hydrogen-bond acceptors (Lipinski definition) is 4. The lowest BCUT2D eigenvalue weighted by Gasteiger charge is -2.02. The number of halogens is 3. The number of carbonyl (C=O) groups is 1. The third-order valence-corrected chi connectivity index (χ3v) is 5.23. The van der Waals surface area contributed by atoms with Crippen molar-refractivity contribution in [1.29, 1.82) is 0 Å². The molecule has 0 bridgehead atoms. The molecule has 1 N–H and O–H groups in total. The van der Waals surface area contributed by atoms with Crippen LogP contribution in [0.1, 0.15) is 21.6 Å². The number of hydrogen-bond donors (Lipinski definition) is 1. The first kappa shape index (κ1) is 18.5. The minimum atomic E-state index is -1.07. The van der Waals surface area contributed by atoms with Crippen LogP contribution in [0, 0.1) is 17.5 Å². The topological polar surface area (TPSA) is 42.0 Å². The first-order chi connectivity index (χ1) is 12.5. The number of thioether (sulfide) groups is 1. The summed E-state index contributed by atoms with van der Waals surface area (Å²) in [6, 6.07) is 9.27. The highest BCUT2D eigenvalue weighted by Gasteiger charge is 2.12. The highest BCUT2D eigenvalue weighted by atomic mass is 32.2. The molecule has 0 fully saturated rings. The van der Waals surface area contributed by atoms with E-state index in [4.69, 9.17) is 0 Å². The lowest BCUT2D eigenvalue weighted by molar-refractivity contribution is 0.102. The van der Waals surface area contributed by atoms with E-state index >= 15 is 0 Å². The van der Waals surface area contributed by atoms with Crippen molar-refractivity contribution in [1.82, 2.24) is 4.98 Å². The number of carbonyl (C=O) groups excluding carboxylic acids is 1. The average Bonchev–Trinajstić information content (AvgIpc) is 3.06. The van der Waals surface area contributed by atoms with Crippen molar-refractivity contribution in [2.24, 2.45) is 0 Å². The quantitative estimate of drug-likeness (QED) is 0.621. The summed E-state index contributed by atoms with van der Waals surface area (Å²) in [5, 5.41) is 4.77. The van der Waals surface area contributed by atoms with Crippen LogP contribution in [0.2, 0.25) is 0 Å². The fourth-order valence-electron chi connectivity index (χ4n) is 2.09. The molecule has 0 aliphatic carbocycles. The van der Waals surface area contributed by atoms with Crippen LogP contribution in [-0.4, -0.2) is 10.9 Å². The molecule has 0 saturated carbocycles. The third-order valence-electron chi connectivity index (χ3n) is 3.39. The molecule has 1 amide bonds. The number of thiazole rings is 1. The summed E-state index contributed by atoms with van der Waals surface area (Å²) in [6.45, 7) is 0. The number of amides is 1. The molecular weight excluding hydrogens is 381 g/mol. The molecule has 0 saturated heterocycles. The van der Waals surface area contributed by atoms with Crippen LogP contribution in [0.25, 0.3) is 0 Å². The summed E-state index contributed by atoms with van der Waals surface area (Å²) in [6.07, 6.45) is 0. The minimum absolute atomic E-state index is 0.0198. The molecule has 0 atom stereocenters. The van der Waals surface area contributed by atoms with Crippen molar-refractivity contribution >= 4 is 34.1 Å². The molecule has 0 unspecified atom stereocenters. The molecule has 1 heterocycles. The van der Waals surface area contributed by atoms with E-state index in [1.54, 1.807) is 23.9 Å². The maximum Gasteiger partial charge on any atom is 0.257 e. The van der Waals surface area contributed by atoms with Gasteiger partial charge in [0.15, 0.2) is 16.8 Å². The maximum absolute atomic E-state index is 13.2. The van der Waals surface area contributed by atoms with Crippen molar-refractivity contribution < 1.29 is 18.0 Å². The number of nitrogens with zero attached hydrogens (tertiary/aromatic N) is 1. The van der Waals surface area contributed by atoms with Gasteiger partial charge in [-0.3, -0.25) is 10.1 Å². The Kier molecular flexibility index (Phi) is 5.95. The Bertz CT molecular complexity index is 913. The van der Waals surface area contributed by atoms with Gasteiger partial charge in [-0.2, -0.15) is 11.8 Å². The van der Waals surface area contributed by atoms with Crippen LogP contribution in [-0.2, 0) is 11.5 Å². The Morgan fingerprint density at radius 3 is 2.54 bits per heavy atom. The smallest absolute Gasteiger partial charge is 0.257 e. The average molecular weight is 394 g/mol. The van der Waals surface area contributed by atoms with E-state index in [0.717, 1.165) is 23.4 Å². The van der Waals surface area contributed by atoms with Gasteiger partial charge in [-0.15, -0.1) is 11.3 Å². The SMILES string of the molecule is O=C(Nc1nc(CSCc2ccc(F)cc2)cs1)c1ccc(F)c(F)c1. The van der Waals surface area contributed by atoms with Crippen LogP contribution >= 0.6 is 23.1 Å². The number of benzene rings is 2. The number of nitrogens with one attached hydrogen (secondary N) is 1. The Labute approximate surface area is 156 Å². The number of anilines is 1. The Hall–Kier alpha value is -2.32. The molecular formula is C18H13F3N2OS2. The summed E-state index contributed by atoms with van der Waals surface area (Å²) in [4.78, 5) is 16.3. The largest absolute Gasteiger partial charge is 0.298 e. The van der Waals surface area contributed by atoms with Crippen LogP contribution in [0.15, 0.2) is 47.8 Å². The zero-order chi connectivity index (χ0) is 18.5. The summed E-state index contributed by atoms with van der Waals surface area (Å²) < 4.78 is 39.0. The second-order valence-corrected chi connectivity index (χ2v) is 7.19. The van der Waals surface area contributed by atoms with Gasteiger partial charge in [0.25, 0.3) is 5.91 Å². The molecule has 0 radical (unpaired) electrons. The molecule has 134 valence electrons. The summed E-state index contributed by atoms with van der Waals surface area (Å²) in [5.74, 6) is -1.54. The molecule has 3 aromatic rings. The maximum atomic E-state index is 13.2. The molecule has 0 aliphatic rings. The van der Waals surface area contributed by atoms with Gasteiger partial charge in [0.2, 0.25) is 0 Å². The van der Waals surface area contributed by atoms with Gasteiger partial charge in [-0.25, -0.2) is 18.2 Å². The van der Waals surface area contributed by atoms with Crippen molar-refractivity contribution in [3.05, 3.63) is 82.1 Å². The van der Waals surface area contributed by atoms with Crippen molar-refractivity contribution in [2.45, 2.75) is 11.5 Å². The third kappa shape index (κ3) is 4.86. The van der Waals surface area contributed by atoms with Gasteiger partial charge >= 0.3 is 0 Å². The minimum Gasteiger partial charge on any atom is -0.298 e.